The molecule has 0 radical (unpaired) electrons. The molecule has 3 atom stereocenters. The van der Waals surface area contributed by atoms with Gasteiger partial charge >= 0.3 is 5.97 Å². The average molecular weight is 549 g/mol. The molecule has 1 aromatic carbocycles. The monoisotopic (exact) mass is 548 g/mol. The van der Waals surface area contributed by atoms with Crippen LogP contribution >= 0.6 is 0 Å². The Balaban J connectivity index is 1.59. The summed E-state index contributed by atoms with van der Waals surface area (Å²) in [7, 11) is 0. The van der Waals surface area contributed by atoms with Crippen LogP contribution in [0.1, 0.15) is 59.1 Å². The van der Waals surface area contributed by atoms with E-state index in [1.807, 2.05) is 0 Å². The van der Waals surface area contributed by atoms with E-state index < -0.39 is 53.6 Å². The number of aliphatic hydroxyl groups is 2. The van der Waals surface area contributed by atoms with Crippen molar-refractivity contribution in [3.05, 3.63) is 51.8 Å². The molecule has 0 saturated carbocycles. The van der Waals surface area contributed by atoms with E-state index in [0.29, 0.717) is 17.0 Å². The van der Waals surface area contributed by atoms with Gasteiger partial charge in [0.15, 0.2) is 11.6 Å². The number of amides is 3. The van der Waals surface area contributed by atoms with Gasteiger partial charge in [-0.2, -0.15) is 0 Å². The maximum absolute atomic E-state index is 14.4. The molecule has 1 unspecified atom stereocenters. The van der Waals surface area contributed by atoms with Crippen LogP contribution in [0, 0.1) is 25.5 Å². The summed E-state index contributed by atoms with van der Waals surface area (Å²) in [6.07, 6.45) is -1.39. The minimum absolute atomic E-state index is 0.0374. The van der Waals surface area contributed by atoms with Crippen LogP contribution < -0.4 is 16.0 Å². The molecule has 210 valence electrons. The van der Waals surface area contributed by atoms with Gasteiger partial charge in [-0.3, -0.25) is 19.2 Å². The lowest BCUT2D eigenvalue weighted by molar-refractivity contribution is -0.141. The van der Waals surface area contributed by atoms with Gasteiger partial charge in [0, 0.05) is 23.5 Å². The zero-order valence-electron chi connectivity index (χ0n) is 21.5. The molecular weight excluding hydrogens is 518 g/mol. The Labute approximate surface area is 222 Å². The Morgan fingerprint density at radius 1 is 1.13 bits per heavy atom. The Morgan fingerprint density at radius 3 is 2.49 bits per heavy atom. The molecule has 0 aliphatic carbocycles. The first kappa shape index (κ1) is 29.5. The topological polar surface area (TPSA) is 181 Å². The summed E-state index contributed by atoms with van der Waals surface area (Å²) in [4.78, 5) is 50.7. The van der Waals surface area contributed by atoms with Crippen LogP contribution in [0.3, 0.4) is 0 Å². The number of aromatic nitrogens is 1. The number of hydrogen-bond donors (Lipinski definition) is 7. The first-order valence-electron chi connectivity index (χ1n) is 12.2. The normalized spacial score (nSPS) is 15.9. The van der Waals surface area contributed by atoms with E-state index in [1.165, 1.54) is 19.1 Å². The zero-order valence-corrected chi connectivity index (χ0v) is 21.5. The van der Waals surface area contributed by atoms with E-state index in [0.717, 1.165) is 6.07 Å². The number of carboxylic acid groups (broad SMARTS) is 1. The predicted octanol–water partition coefficient (Wildman–Crippen LogP) is 1.61. The number of anilines is 1. The predicted molar refractivity (Wildman–Crippen MR) is 137 cm³/mol. The molecule has 0 bridgehead atoms. The quantitative estimate of drug-likeness (QED) is 0.208. The van der Waals surface area contributed by atoms with Crippen molar-refractivity contribution in [1.82, 2.24) is 15.6 Å². The first-order valence-corrected chi connectivity index (χ1v) is 12.2. The molecule has 1 aliphatic heterocycles. The van der Waals surface area contributed by atoms with E-state index in [1.54, 1.807) is 13.8 Å². The second-order valence-electron chi connectivity index (χ2n) is 9.38. The van der Waals surface area contributed by atoms with E-state index in [9.17, 15) is 38.2 Å². The number of carbonyl (C=O) groups is 4. The van der Waals surface area contributed by atoms with Crippen molar-refractivity contribution in [2.45, 2.75) is 58.3 Å². The number of aliphatic carboxylic acids is 1. The molecular formula is C26H30F2N4O7. The molecule has 2 aromatic rings. The molecule has 7 N–H and O–H groups in total. The van der Waals surface area contributed by atoms with Gasteiger partial charge in [0.05, 0.1) is 35.5 Å². The van der Waals surface area contributed by atoms with E-state index in [-0.39, 0.29) is 48.2 Å². The lowest BCUT2D eigenvalue weighted by atomic mass is 10.0. The van der Waals surface area contributed by atoms with Gasteiger partial charge in [0.2, 0.25) is 5.91 Å². The summed E-state index contributed by atoms with van der Waals surface area (Å²) in [5.74, 6) is -5.24. The van der Waals surface area contributed by atoms with Crippen molar-refractivity contribution in [1.29, 1.82) is 0 Å². The number of fused-ring (bicyclic) bond motifs is 1. The Hall–Kier alpha value is -4.10. The largest absolute Gasteiger partial charge is 0.480 e. The Morgan fingerprint density at radius 2 is 1.82 bits per heavy atom. The summed E-state index contributed by atoms with van der Waals surface area (Å²) in [6.45, 7) is 4.58. The van der Waals surface area contributed by atoms with Gasteiger partial charge in [-0.25, -0.2) is 8.78 Å². The smallest absolute Gasteiger partial charge is 0.325 e. The molecule has 39 heavy (non-hydrogen) atoms. The van der Waals surface area contributed by atoms with Gasteiger partial charge < -0.3 is 36.3 Å². The third-order valence-electron chi connectivity index (χ3n) is 6.33. The Kier molecular flexibility index (Phi) is 9.20. The summed E-state index contributed by atoms with van der Waals surface area (Å²) in [5, 5.41) is 36.3. The standard InChI is InChI=1S/C26H30F2N4O7/c1-11-19(10-16-22-18(32-24(16)36)5-4-17(27)23(22)28)30-12(2)21(11)25(37)29-7-6-14(33)8-15(34)9-20(35)31-13(3)26(38)39/h4-5,10,13-15,30,33-34H,6-9H2,1-3H3,(H,29,37)(H,31,35)(H,32,36)(H,38,39)/b16-10-/t13?,14-,15-/m1/s1. The first-order chi connectivity index (χ1) is 18.3. The molecule has 3 amide bonds. The van der Waals surface area contributed by atoms with E-state index >= 15 is 0 Å². The Bertz CT molecular complexity index is 1340. The van der Waals surface area contributed by atoms with Crippen molar-refractivity contribution in [3.8, 4) is 0 Å². The van der Waals surface area contributed by atoms with Crippen molar-refractivity contribution in [3.63, 3.8) is 0 Å². The van der Waals surface area contributed by atoms with Crippen LogP contribution in [-0.4, -0.2) is 68.8 Å². The van der Waals surface area contributed by atoms with Crippen LogP contribution in [0.25, 0.3) is 11.6 Å². The van der Waals surface area contributed by atoms with Crippen LogP contribution in [-0.2, 0) is 14.4 Å². The highest BCUT2D eigenvalue weighted by molar-refractivity contribution is 6.35. The zero-order chi connectivity index (χ0) is 29.0. The van der Waals surface area contributed by atoms with E-state index in [2.05, 4.69) is 20.9 Å². The molecule has 1 aromatic heterocycles. The SMILES string of the molecule is Cc1[nH]c(/C=C2\C(=O)Nc3ccc(F)c(F)c32)c(C)c1C(=O)NCC[C@@H](O)C[C@@H](O)CC(=O)NC(C)C(=O)O. The fourth-order valence-corrected chi connectivity index (χ4v) is 4.29. The summed E-state index contributed by atoms with van der Waals surface area (Å²) in [6, 6.07) is 1.07. The molecule has 11 nitrogen and oxygen atoms in total. The number of H-pyrrole nitrogens is 1. The molecule has 13 heteroatoms. The minimum atomic E-state index is -1.22. The maximum Gasteiger partial charge on any atom is 0.325 e. The highest BCUT2D eigenvalue weighted by atomic mass is 19.2. The molecule has 1 aliphatic rings. The maximum atomic E-state index is 14.4. The van der Waals surface area contributed by atoms with Crippen molar-refractivity contribution >= 4 is 41.0 Å². The number of aliphatic hydroxyl groups excluding tert-OH is 2. The number of hydrogen-bond acceptors (Lipinski definition) is 6. The van der Waals surface area contributed by atoms with Crippen molar-refractivity contribution in [2.24, 2.45) is 0 Å². The van der Waals surface area contributed by atoms with Crippen LogP contribution in [0.2, 0.25) is 0 Å². The van der Waals surface area contributed by atoms with Crippen LogP contribution in [0.15, 0.2) is 12.1 Å². The highest BCUT2D eigenvalue weighted by Crippen LogP contribution is 2.36. The number of carboxylic acids is 1. The summed E-state index contributed by atoms with van der Waals surface area (Å²) < 4.78 is 28.2. The highest BCUT2D eigenvalue weighted by Gasteiger charge is 2.30. The molecule has 3 rings (SSSR count). The average Bonchev–Trinajstić information content (AvgIpc) is 3.30. The summed E-state index contributed by atoms with van der Waals surface area (Å²) >= 11 is 0. The number of halogens is 2. The van der Waals surface area contributed by atoms with Crippen molar-refractivity contribution in [2.75, 3.05) is 11.9 Å². The lowest BCUT2D eigenvalue weighted by Crippen LogP contribution is -2.40. The van der Waals surface area contributed by atoms with Gasteiger partial charge in [0.1, 0.15) is 6.04 Å². The van der Waals surface area contributed by atoms with Gasteiger partial charge in [-0.15, -0.1) is 0 Å². The molecule has 2 heterocycles. The van der Waals surface area contributed by atoms with E-state index in [4.69, 9.17) is 5.11 Å². The third-order valence-corrected chi connectivity index (χ3v) is 6.33. The number of nitrogens with one attached hydrogen (secondary N) is 4. The molecule has 0 fully saturated rings. The van der Waals surface area contributed by atoms with Crippen LogP contribution in [0.5, 0.6) is 0 Å². The van der Waals surface area contributed by atoms with Gasteiger partial charge in [-0.05, 0) is 57.4 Å². The number of benzene rings is 1. The number of aromatic amines is 1. The molecule has 0 saturated heterocycles. The van der Waals surface area contributed by atoms with Gasteiger partial charge in [0.25, 0.3) is 11.8 Å². The second-order valence-corrected chi connectivity index (χ2v) is 9.38. The number of aryl methyl sites for hydroxylation is 1. The fourth-order valence-electron chi connectivity index (χ4n) is 4.29. The summed E-state index contributed by atoms with van der Waals surface area (Å²) in [5.41, 5.74) is 1.43. The fraction of sp³-hybridized carbons (Fsp3) is 0.385. The number of carbonyl (C=O) groups excluding carboxylic acids is 3. The van der Waals surface area contributed by atoms with Gasteiger partial charge in [-0.1, -0.05) is 0 Å². The second kappa shape index (κ2) is 12.2. The van der Waals surface area contributed by atoms with Crippen molar-refractivity contribution < 1.29 is 43.3 Å². The minimum Gasteiger partial charge on any atom is -0.480 e. The molecule has 0 spiro atoms. The lowest BCUT2D eigenvalue weighted by Gasteiger charge is -2.17. The third kappa shape index (κ3) is 6.86. The van der Waals surface area contributed by atoms with Crippen LogP contribution in [0.4, 0.5) is 14.5 Å². The number of rotatable bonds is 11.